The molecule has 2 heterocycles. The predicted octanol–water partition coefficient (Wildman–Crippen LogP) is 2.25. The number of nitrogen functional groups attached to an aromatic ring is 1. The number of nitrogens with one attached hydrogen (secondary N) is 1. The topological polar surface area (TPSA) is 68.0 Å². The number of hydrogen-bond acceptors (Lipinski definition) is 5. The normalized spacial score (nSPS) is 13.5. The molecule has 0 unspecified atom stereocenters. The van der Waals surface area contributed by atoms with Gasteiger partial charge in [0, 0.05) is 17.8 Å². The zero-order valence-electron chi connectivity index (χ0n) is 10.4. The van der Waals surface area contributed by atoms with Gasteiger partial charge in [-0.2, -0.15) is 0 Å². The van der Waals surface area contributed by atoms with Crippen LogP contribution in [0.2, 0.25) is 0 Å². The van der Waals surface area contributed by atoms with Crippen LogP contribution in [0.5, 0.6) is 0 Å². The van der Waals surface area contributed by atoms with Gasteiger partial charge in [0.05, 0.1) is 16.4 Å². The fourth-order valence-electron chi connectivity index (χ4n) is 2.22. The molecule has 100 valence electrons. The Balaban J connectivity index is 1.53. The lowest BCUT2D eigenvalue weighted by Gasteiger charge is -2.02. The van der Waals surface area contributed by atoms with Crippen molar-refractivity contribution in [2.24, 2.45) is 0 Å². The largest absolute Gasteiger partial charge is 0.397 e. The number of fused-ring (bicyclic) bond motifs is 1. The molecule has 1 amide bonds. The van der Waals surface area contributed by atoms with Crippen LogP contribution in [0.25, 0.3) is 0 Å². The molecule has 2 aromatic rings. The highest BCUT2D eigenvalue weighted by Crippen LogP contribution is 2.27. The highest BCUT2D eigenvalue weighted by Gasteiger charge is 2.16. The minimum atomic E-state index is -0.0865. The van der Waals surface area contributed by atoms with E-state index in [1.54, 1.807) is 17.4 Å². The van der Waals surface area contributed by atoms with E-state index in [0.29, 0.717) is 17.1 Å². The first-order valence-corrected chi connectivity index (χ1v) is 8.02. The maximum absolute atomic E-state index is 11.9. The van der Waals surface area contributed by atoms with Crippen molar-refractivity contribution in [3.8, 4) is 0 Å². The third kappa shape index (κ3) is 2.64. The number of amides is 1. The molecule has 1 aliphatic carbocycles. The Kier molecular flexibility index (Phi) is 3.52. The van der Waals surface area contributed by atoms with E-state index >= 15 is 0 Å². The van der Waals surface area contributed by atoms with Crippen LogP contribution in [-0.4, -0.2) is 17.4 Å². The Hall–Kier alpha value is -1.40. The van der Waals surface area contributed by atoms with Crippen LogP contribution in [0.3, 0.4) is 0 Å². The summed E-state index contributed by atoms with van der Waals surface area (Å²) >= 11 is 3.16. The van der Waals surface area contributed by atoms with Crippen molar-refractivity contribution in [1.82, 2.24) is 10.3 Å². The van der Waals surface area contributed by atoms with Gasteiger partial charge in [-0.15, -0.1) is 22.7 Å². The van der Waals surface area contributed by atoms with Crippen LogP contribution in [0.15, 0.2) is 11.4 Å². The lowest BCUT2D eigenvalue weighted by molar-refractivity contribution is 0.0959. The molecule has 0 fully saturated rings. The van der Waals surface area contributed by atoms with Crippen molar-refractivity contribution in [1.29, 1.82) is 0 Å². The van der Waals surface area contributed by atoms with Crippen molar-refractivity contribution >= 4 is 34.3 Å². The smallest absolute Gasteiger partial charge is 0.263 e. The molecule has 1 aliphatic rings. The number of rotatable bonds is 4. The summed E-state index contributed by atoms with van der Waals surface area (Å²) < 4.78 is 0. The van der Waals surface area contributed by atoms with Gasteiger partial charge < -0.3 is 11.1 Å². The summed E-state index contributed by atoms with van der Waals surface area (Å²) in [6, 6.07) is 1.75. The number of carbonyl (C=O) groups excluding carboxylic acids is 1. The summed E-state index contributed by atoms with van der Waals surface area (Å²) in [5.41, 5.74) is 7.54. The fourth-order valence-corrected chi connectivity index (χ4v) is 4.11. The van der Waals surface area contributed by atoms with E-state index in [4.69, 9.17) is 5.73 Å². The molecule has 19 heavy (non-hydrogen) atoms. The molecule has 0 aromatic carbocycles. The van der Waals surface area contributed by atoms with Crippen molar-refractivity contribution in [3.05, 3.63) is 31.9 Å². The van der Waals surface area contributed by atoms with Gasteiger partial charge in [-0.3, -0.25) is 4.79 Å². The van der Waals surface area contributed by atoms with Gasteiger partial charge in [0.15, 0.2) is 0 Å². The Morgan fingerprint density at radius 2 is 2.37 bits per heavy atom. The van der Waals surface area contributed by atoms with Crippen molar-refractivity contribution in [3.63, 3.8) is 0 Å². The molecule has 4 nitrogen and oxygen atoms in total. The quantitative estimate of drug-likeness (QED) is 0.908. The molecule has 2 aromatic heterocycles. The Bertz CT molecular complexity index is 581. The summed E-state index contributed by atoms with van der Waals surface area (Å²) in [7, 11) is 0. The number of carbonyl (C=O) groups is 1. The minimum absolute atomic E-state index is 0.0865. The van der Waals surface area contributed by atoms with Gasteiger partial charge in [0.1, 0.15) is 4.88 Å². The average Bonchev–Trinajstić information content (AvgIpc) is 3.03. The first-order chi connectivity index (χ1) is 9.24. The van der Waals surface area contributed by atoms with E-state index in [1.807, 2.05) is 5.38 Å². The van der Waals surface area contributed by atoms with Crippen molar-refractivity contribution in [2.75, 3.05) is 12.3 Å². The third-order valence-electron chi connectivity index (χ3n) is 3.17. The van der Waals surface area contributed by atoms with E-state index in [9.17, 15) is 4.79 Å². The van der Waals surface area contributed by atoms with Gasteiger partial charge >= 0.3 is 0 Å². The molecule has 0 aliphatic heterocycles. The zero-order valence-corrected chi connectivity index (χ0v) is 12.1. The molecule has 3 N–H and O–H groups in total. The van der Waals surface area contributed by atoms with Crippen LogP contribution >= 0.6 is 22.7 Å². The summed E-state index contributed by atoms with van der Waals surface area (Å²) in [4.78, 5) is 18.5. The molecular weight excluding hydrogens is 278 g/mol. The van der Waals surface area contributed by atoms with Crippen LogP contribution in [-0.2, 0) is 19.3 Å². The Labute approximate surface area is 119 Å². The predicted molar refractivity (Wildman–Crippen MR) is 78.9 cm³/mol. The molecule has 0 atom stereocenters. The number of aromatic nitrogens is 1. The number of nitrogens with two attached hydrogens (primary N) is 1. The number of hydrogen-bond donors (Lipinski definition) is 2. The molecule has 0 spiro atoms. The van der Waals surface area contributed by atoms with Gasteiger partial charge in [-0.25, -0.2) is 4.98 Å². The second-order valence-corrected chi connectivity index (χ2v) is 6.63. The summed E-state index contributed by atoms with van der Waals surface area (Å²) in [6.07, 6.45) is 4.33. The summed E-state index contributed by atoms with van der Waals surface area (Å²) in [5.74, 6) is -0.0865. The van der Waals surface area contributed by atoms with E-state index in [0.717, 1.165) is 17.8 Å². The zero-order chi connectivity index (χ0) is 13.2. The molecular formula is C13H15N3OS2. The number of anilines is 1. The average molecular weight is 293 g/mol. The van der Waals surface area contributed by atoms with E-state index in [2.05, 4.69) is 10.3 Å². The van der Waals surface area contributed by atoms with Crippen molar-refractivity contribution < 1.29 is 4.79 Å². The van der Waals surface area contributed by atoms with Crippen LogP contribution in [0, 0.1) is 0 Å². The fraction of sp³-hybridized carbons (Fsp3) is 0.385. The van der Waals surface area contributed by atoms with Gasteiger partial charge in [-0.05, 0) is 30.7 Å². The lowest BCUT2D eigenvalue weighted by atomic mass is 10.3. The number of thiazole rings is 1. The number of aryl methyl sites for hydroxylation is 2. The number of thiophene rings is 1. The molecule has 6 heteroatoms. The second-order valence-electron chi connectivity index (χ2n) is 4.54. The molecule has 0 bridgehead atoms. The van der Waals surface area contributed by atoms with Crippen LogP contribution in [0.1, 0.15) is 31.7 Å². The van der Waals surface area contributed by atoms with E-state index in [-0.39, 0.29) is 5.91 Å². The Morgan fingerprint density at radius 1 is 1.47 bits per heavy atom. The monoisotopic (exact) mass is 293 g/mol. The lowest BCUT2D eigenvalue weighted by Crippen LogP contribution is -2.25. The van der Waals surface area contributed by atoms with Gasteiger partial charge in [0.2, 0.25) is 0 Å². The van der Waals surface area contributed by atoms with E-state index < -0.39 is 0 Å². The Morgan fingerprint density at radius 3 is 3.11 bits per heavy atom. The highest BCUT2D eigenvalue weighted by molar-refractivity contribution is 7.12. The first-order valence-electron chi connectivity index (χ1n) is 6.32. The summed E-state index contributed by atoms with van der Waals surface area (Å²) in [6.45, 7) is 0.614. The molecule has 0 saturated carbocycles. The molecule has 3 rings (SSSR count). The second kappa shape index (κ2) is 5.30. The highest BCUT2D eigenvalue weighted by atomic mass is 32.1. The summed E-state index contributed by atoms with van der Waals surface area (Å²) in [5, 5.41) is 5.86. The van der Waals surface area contributed by atoms with Crippen LogP contribution < -0.4 is 11.1 Å². The van der Waals surface area contributed by atoms with Crippen molar-refractivity contribution in [2.45, 2.75) is 25.7 Å². The maximum Gasteiger partial charge on any atom is 0.263 e. The first kappa shape index (κ1) is 12.6. The third-order valence-corrected chi connectivity index (χ3v) is 5.31. The maximum atomic E-state index is 11.9. The molecule has 0 radical (unpaired) electrons. The van der Waals surface area contributed by atoms with Gasteiger partial charge in [-0.1, -0.05) is 0 Å². The number of nitrogens with zero attached hydrogens (tertiary/aromatic N) is 1. The molecule has 0 saturated heterocycles. The van der Waals surface area contributed by atoms with E-state index in [1.165, 1.54) is 34.7 Å². The van der Waals surface area contributed by atoms with Crippen LogP contribution in [0.4, 0.5) is 5.69 Å². The SMILES string of the molecule is Nc1ccsc1C(=O)NCCc1nc2c(s1)CCC2. The minimum Gasteiger partial charge on any atom is -0.397 e. The van der Waals surface area contributed by atoms with Gasteiger partial charge in [0.25, 0.3) is 5.91 Å². The standard InChI is InChI=1S/C13H15N3OS2/c14-8-5-7-18-12(8)13(17)15-6-4-11-16-9-2-1-3-10(9)19-11/h5,7H,1-4,6,14H2,(H,15,17).